The molecule has 8 nitrogen and oxygen atoms in total. The van der Waals surface area contributed by atoms with E-state index in [0.29, 0.717) is 35.3 Å². The molecule has 18 heteroatoms. The minimum Gasteiger partial charge on any atom is -0.223 e. The van der Waals surface area contributed by atoms with E-state index < -0.39 is 51.0 Å². The third-order valence-corrected chi connectivity index (χ3v) is 25.3. The van der Waals surface area contributed by atoms with Gasteiger partial charge in [0.2, 0.25) is 0 Å². The largest absolute Gasteiger partial charge is 0.223 e. The lowest BCUT2D eigenvalue weighted by molar-refractivity contribution is 0.585. The van der Waals surface area contributed by atoms with E-state index in [9.17, 15) is 42.5 Å². The maximum Gasteiger partial charge on any atom is 0.182 e. The van der Waals surface area contributed by atoms with Crippen LogP contribution in [0.5, 0.6) is 0 Å². The Hall–Kier alpha value is -8.35. The molecular formula is C87H80BrCl3F2O8S4. The highest BCUT2D eigenvalue weighted by molar-refractivity contribution is 9.10. The normalized spacial score (nSPS) is 11.5. The van der Waals surface area contributed by atoms with Crippen LogP contribution in [0.3, 0.4) is 0 Å². The Morgan fingerprint density at radius 2 is 0.610 bits per heavy atom. The van der Waals surface area contributed by atoms with E-state index in [-0.39, 0.29) is 33.5 Å². The number of aryl methyl sites for hydroxylation is 4. The van der Waals surface area contributed by atoms with Crippen LogP contribution in [0.1, 0.15) is 91.5 Å². The van der Waals surface area contributed by atoms with Gasteiger partial charge in [-0.1, -0.05) is 280 Å². The summed E-state index contributed by atoms with van der Waals surface area (Å²) in [5.41, 5.74) is 14.1. The molecule has 0 bridgehead atoms. The highest BCUT2D eigenvalue weighted by Gasteiger charge is 2.21. The fraction of sp³-hybridized carbons (Fsp3) is 0.172. The van der Waals surface area contributed by atoms with Gasteiger partial charge in [-0.15, -0.1) is 0 Å². The first-order chi connectivity index (χ1) is 50.2. The summed E-state index contributed by atoms with van der Waals surface area (Å²) in [5.74, 6) is -1.39. The number of rotatable bonds is 23. The molecule has 542 valence electrons. The van der Waals surface area contributed by atoms with Crippen molar-refractivity contribution in [2.75, 3.05) is 0 Å². The molecule has 0 aliphatic rings. The van der Waals surface area contributed by atoms with Gasteiger partial charge in [0.25, 0.3) is 0 Å². The van der Waals surface area contributed by atoms with Crippen LogP contribution in [-0.2, 0) is 88.0 Å². The topological polar surface area (TPSA) is 137 Å². The lowest BCUT2D eigenvalue weighted by atomic mass is 10.1. The molecule has 0 amide bonds. The monoisotopic (exact) mass is 1600 g/mol. The average molecular weight is 1610 g/mol. The lowest BCUT2D eigenvalue weighted by Crippen LogP contribution is -2.05. The molecule has 12 rings (SSSR count). The predicted molar refractivity (Wildman–Crippen MR) is 431 cm³/mol. The lowest BCUT2D eigenvalue weighted by Gasteiger charge is -2.09. The van der Waals surface area contributed by atoms with Crippen LogP contribution in [-0.4, -0.2) is 33.7 Å². The zero-order valence-electron chi connectivity index (χ0n) is 58.5. The number of benzene rings is 12. The maximum atomic E-state index is 13.9. The van der Waals surface area contributed by atoms with E-state index in [2.05, 4.69) is 43.6 Å². The van der Waals surface area contributed by atoms with Gasteiger partial charge in [-0.05, 0) is 189 Å². The van der Waals surface area contributed by atoms with E-state index in [4.69, 9.17) is 34.8 Å². The molecule has 0 unspecified atom stereocenters. The summed E-state index contributed by atoms with van der Waals surface area (Å²) in [5, 5.41) is 1.74. The molecule has 0 aliphatic carbocycles. The first kappa shape index (κ1) is 80.7. The van der Waals surface area contributed by atoms with Crippen LogP contribution < -0.4 is 0 Å². The predicted octanol–water partition coefficient (Wildman–Crippen LogP) is 23.7. The fourth-order valence-electron chi connectivity index (χ4n) is 11.8. The van der Waals surface area contributed by atoms with Gasteiger partial charge >= 0.3 is 0 Å². The van der Waals surface area contributed by atoms with Gasteiger partial charge < -0.3 is 0 Å². The third kappa shape index (κ3) is 23.3. The molecule has 0 N–H and O–H groups in total. The van der Waals surface area contributed by atoms with Crippen LogP contribution in [0.2, 0.25) is 15.1 Å². The summed E-state index contributed by atoms with van der Waals surface area (Å²) < 4.78 is 130. The molecule has 0 spiro atoms. The Balaban J connectivity index is 0.000000162. The highest BCUT2D eigenvalue weighted by atomic mass is 79.9. The Bertz CT molecular complexity index is 5230. The smallest absolute Gasteiger partial charge is 0.182 e. The van der Waals surface area contributed by atoms with Crippen molar-refractivity contribution in [3.05, 3.63) is 355 Å². The summed E-state index contributed by atoms with van der Waals surface area (Å²) in [4.78, 5) is 1.16. The first-order valence-corrected chi connectivity index (χ1v) is 42.8. The van der Waals surface area contributed by atoms with Crippen molar-refractivity contribution in [1.82, 2.24) is 0 Å². The first-order valence-electron chi connectivity index (χ1n) is 34.3. The second kappa shape index (κ2) is 37.8. The van der Waals surface area contributed by atoms with Crippen LogP contribution in [0, 0.1) is 11.6 Å². The summed E-state index contributed by atoms with van der Waals surface area (Å²) in [6.07, 6.45) is 6.79. The molecule has 0 atom stereocenters. The zero-order chi connectivity index (χ0) is 75.3. The standard InChI is InChI=1S/C22H21BrO2S.C22H20Cl2O2S.C22H20F2O2S.C21H19ClO2S/c1-2-4-17-5-3-6-18(15-17)16-26(24,25)22-13-9-20(10-14-22)19-7-11-21(23)12-8-19;2*1-2-4-16-5-3-6-17(13-16)15-27(25,26)20-10-7-18(8-11-20)21-12-9-19(23)14-22(21)24;1-2-16-6-5-7-17(14-16)15-25(23,24)19-12-10-18(11-13-19)20-8-3-4-9-21(20)22/h3,5-15H,2,4,16H2,1H3;2*3,5-14H,2,4,15H2,1H3;3-14H,2,15H2,1H3. The Morgan fingerprint density at radius 3 is 0.962 bits per heavy atom. The number of hydrogen-bond donors (Lipinski definition) is 0. The van der Waals surface area contributed by atoms with Gasteiger partial charge in [-0.3, -0.25) is 0 Å². The quantitative estimate of drug-likeness (QED) is 0.0617. The van der Waals surface area contributed by atoms with Crippen molar-refractivity contribution in [1.29, 1.82) is 0 Å². The molecule has 0 heterocycles. The third-order valence-electron chi connectivity index (χ3n) is 17.1. The minimum absolute atomic E-state index is 0.00623. The summed E-state index contributed by atoms with van der Waals surface area (Å²) in [7, 11) is -13.7. The molecule has 105 heavy (non-hydrogen) atoms. The zero-order valence-corrected chi connectivity index (χ0v) is 65.6. The minimum atomic E-state index is -3.51. The summed E-state index contributed by atoms with van der Waals surface area (Å²) >= 11 is 21.8. The van der Waals surface area contributed by atoms with Crippen molar-refractivity contribution in [2.24, 2.45) is 0 Å². The highest BCUT2D eigenvalue weighted by Crippen LogP contribution is 2.34. The fourth-order valence-corrected chi connectivity index (χ4v) is 18.2. The van der Waals surface area contributed by atoms with Crippen molar-refractivity contribution < 1.29 is 42.5 Å². The molecular weight excluding hydrogens is 1530 g/mol. The molecule has 0 aliphatic heterocycles. The van der Waals surface area contributed by atoms with Gasteiger partial charge in [0.1, 0.15) is 11.6 Å². The van der Waals surface area contributed by atoms with Gasteiger partial charge in [-0.25, -0.2) is 42.5 Å². The number of halogens is 6. The van der Waals surface area contributed by atoms with Gasteiger partial charge in [0.15, 0.2) is 39.3 Å². The van der Waals surface area contributed by atoms with E-state index in [0.717, 1.165) is 128 Å². The van der Waals surface area contributed by atoms with E-state index in [1.54, 1.807) is 78.9 Å². The van der Waals surface area contributed by atoms with Crippen molar-refractivity contribution >= 4 is 90.1 Å². The summed E-state index contributed by atoms with van der Waals surface area (Å²) in [6, 6.07) is 81.9. The van der Waals surface area contributed by atoms with Crippen LogP contribution in [0.4, 0.5) is 8.78 Å². The van der Waals surface area contributed by atoms with E-state index >= 15 is 0 Å². The van der Waals surface area contributed by atoms with Gasteiger partial charge in [-0.2, -0.15) is 0 Å². The van der Waals surface area contributed by atoms with Gasteiger partial charge in [0, 0.05) is 42.3 Å². The van der Waals surface area contributed by atoms with Crippen LogP contribution in [0.15, 0.2) is 303 Å². The molecule has 0 aromatic heterocycles. The SMILES string of the molecule is CCCc1cccc(CS(=O)(=O)c2ccc(-c3ccc(Br)cc3)cc2)c1.CCCc1cccc(CS(=O)(=O)c2ccc(-c3ccc(Cl)cc3Cl)cc2)c1.CCCc1cccc(CS(=O)(=O)c2ccc(-c3ccc(F)cc3F)cc2)c1.CCc1cccc(CS(=O)(=O)c2ccc(-c3ccccc3Cl)cc2)c1. The van der Waals surface area contributed by atoms with Crippen molar-refractivity contribution in [3.8, 4) is 44.5 Å². The molecule has 0 fully saturated rings. The summed E-state index contributed by atoms with van der Waals surface area (Å²) in [6.45, 7) is 8.37. The maximum absolute atomic E-state index is 13.9. The second-order valence-corrected chi connectivity index (χ2v) is 35.4. The number of sulfone groups is 4. The van der Waals surface area contributed by atoms with E-state index in [1.165, 1.54) is 42.0 Å². The molecule has 0 saturated heterocycles. The van der Waals surface area contributed by atoms with E-state index in [1.807, 2.05) is 158 Å². The number of hydrogen-bond acceptors (Lipinski definition) is 8. The Labute approximate surface area is 641 Å². The Morgan fingerprint density at radius 1 is 0.295 bits per heavy atom. The van der Waals surface area contributed by atoms with Crippen molar-refractivity contribution in [2.45, 2.75) is 115 Å². The van der Waals surface area contributed by atoms with Crippen LogP contribution >= 0.6 is 50.7 Å². The average Bonchev–Trinajstić information content (AvgIpc) is 0.827. The molecule has 0 saturated carbocycles. The van der Waals surface area contributed by atoms with Gasteiger partial charge in [0.05, 0.1) is 42.6 Å². The molecule has 12 aromatic rings. The van der Waals surface area contributed by atoms with Crippen LogP contribution in [0.25, 0.3) is 44.5 Å². The second-order valence-electron chi connectivity index (χ2n) is 25.3. The van der Waals surface area contributed by atoms with Crippen molar-refractivity contribution in [3.63, 3.8) is 0 Å². The Kier molecular flexibility index (Phi) is 29.0. The molecule has 0 radical (unpaired) electrons. The molecule has 12 aromatic carbocycles.